The summed E-state index contributed by atoms with van der Waals surface area (Å²) in [5.41, 5.74) is 7.82. The van der Waals surface area contributed by atoms with E-state index in [1.807, 2.05) is 30.3 Å². The number of pyridine rings is 1. The van der Waals surface area contributed by atoms with Crippen LogP contribution in [0.25, 0.3) is 5.65 Å². The first-order chi connectivity index (χ1) is 10.2. The molecule has 0 aliphatic rings. The van der Waals surface area contributed by atoms with E-state index in [9.17, 15) is 4.39 Å². The number of benzene rings is 1. The topological polar surface area (TPSA) is 68.2 Å². The monoisotopic (exact) mass is 285 g/mol. The predicted molar refractivity (Wildman–Crippen MR) is 79.4 cm³/mol. The lowest BCUT2D eigenvalue weighted by Gasteiger charge is -2.11. The first-order valence-corrected chi connectivity index (χ1v) is 6.79. The zero-order valence-corrected chi connectivity index (χ0v) is 11.4. The number of nitrogens with one attached hydrogen (secondary N) is 1. The van der Waals surface area contributed by atoms with Gasteiger partial charge in [0.1, 0.15) is 5.82 Å². The molecule has 1 atom stereocenters. The van der Waals surface area contributed by atoms with Crippen LogP contribution >= 0.6 is 0 Å². The maximum absolute atomic E-state index is 13.1. The van der Waals surface area contributed by atoms with Gasteiger partial charge in [0.15, 0.2) is 5.65 Å². The molecule has 2 aromatic heterocycles. The van der Waals surface area contributed by atoms with Gasteiger partial charge in [0.05, 0.1) is 6.20 Å². The summed E-state index contributed by atoms with van der Waals surface area (Å²) in [5, 5.41) is 7.27. The van der Waals surface area contributed by atoms with Gasteiger partial charge in [-0.3, -0.25) is 0 Å². The Morgan fingerprint density at radius 1 is 1.19 bits per heavy atom. The molecule has 3 N–H and O–H groups in total. The molecule has 108 valence electrons. The maximum Gasteiger partial charge on any atom is 0.243 e. The standard InChI is InChI=1S/C15H16FN5/c16-12-6-7-14-19-15(20-21(14)10-12)18-9-8-13(17)11-4-2-1-3-5-11/h1-7,10,13H,8-9,17H2,(H,18,20). The Kier molecular flexibility index (Phi) is 3.79. The van der Waals surface area contributed by atoms with Crippen LogP contribution in [0.15, 0.2) is 48.7 Å². The van der Waals surface area contributed by atoms with Crippen molar-refractivity contribution in [3.05, 3.63) is 60.0 Å². The van der Waals surface area contributed by atoms with Crippen molar-refractivity contribution in [2.75, 3.05) is 11.9 Å². The van der Waals surface area contributed by atoms with Gasteiger partial charge >= 0.3 is 0 Å². The van der Waals surface area contributed by atoms with E-state index in [0.29, 0.717) is 18.1 Å². The van der Waals surface area contributed by atoms with E-state index >= 15 is 0 Å². The number of nitrogens with zero attached hydrogens (tertiary/aromatic N) is 3. The molecule has 3 rings (SSSR count). The highest BCUT2D eigenvalue weighted by Gasteiger charge is 2.07. The molecule has 0 radical (unpaired) electrons. The van der Waals surface area contributed by atoms with Crippen molar-refractivity contribution in [3.8, 4) is 0 Å². The van der Waals surface area contributed by atoms with Crippen molar-refractivity contribution in [2.24, 2.45) is 5.73 Å². The lowest BCUT2D eigenvalue weighted by molar-refractivity contribution is 0.614. The minimum Gasteiger partial charge on any atom is -0.353 e. The van der Waals surface area contributed by atoms with Crippen LogP contribution < -0.4 is 11.1 Å². The van der Waals surface area contributed by atoms with Gasteiger partial charge < -0.3 is 11.1 Å². The van der Waals surface area contributed by atoms with Crippen LogP contribution in [-0.4, -0.2) is 21.1 Å². The third-order valence-corrected chi connectivity index (χ3v) is 3.26. The van der Waals surface area contributed by atoms with Crippen molar-refractivity contribution < 1.29 is 4.39 Å². The SMILES string of the molecule is NC(CCNc1nc2ccc(F)cn2n1)c1ccccc1. The Morgan fingerprint density at radius 2 is 2.00 bits per heavy atom. The average Bonchev–Trinajstić information content (AvgIpc) is 2.89. The minimum atomic E-state index is -0.343. The molecule has 1 unspecified atom stereocenters. The summed E-state index contributed by atoms with van der Waals surface area (Å²) in [5.74, 6) is 0.130. The molecule has 0 bridgehead atoms. The fourth-order valence-corrected chi connectivity index (χ4v) is 2.14. The lowest BCUT2D eigenvalue weighted by atomic mass is 10.1. The maximum atomic E-state index is 13.1. The predicted octanol–water partition coefficient (Wildman–Crippen LogP) is 2.37. The van der Waals surface area contributed by atoms with Gasteiger partial charge in [-0.2, -0.15) is 4.98 Å². The Balaban J connectivity index is 1.59. The van der Waals surface area contributed by atoms with E-state index in [-0.39, 0.29) is 11.9 Å². The van der Waals surface area contributed by atoms with Gasteiger partial charge in [-0.15, -0.1) is 5.10 Å². The smallest absolute Gasteiger partial charge is 0.243 e. The lowest BCUT2D eigenvalue weighted by Crippen LogP contribution is -2.15. The van der Waals surface area contributed by atoms with Crippen LogP contribution in [0.4, 0.5) is 10.3 Å². The second kappa shape index (κ2) is 5.88. The highest BCUT2D eigenvalue weighted by molar-refractivity contribution is 5.43. The number of halogens is 1. The second-order valence-electron chi connectivity index (χ2n) is 4.82. The van der Waals surface area contributed by atoms with E-state index in [4.69, 9.17) is 5.73 Å². The highest BCUT2D eigenvalue weighted by atomic mass is 19.1. The highest BCUT2D eigenvalue weighted by Crippen LogP contribution is 2.13. The summed E-state index contributed by atoms with van der Waals surface area (Å²) in [6.45, 7) is 0.648. The van der Waals surface area contributed by atoms with Gasteiger partial charge in [-0.25, -0.2) is 8.91 Å². The van der Waals surface area contributed by atoms with Crippen molar-refractivity contribution >= 4 is 11.6 Å². The number of anilines is 1. The molecular weight excluding hydrogens is 269 g/mol. The van der Waals surface area contributed by atoms with E-state index in [2.05, 4.69) is 15.4 Å². The van der Waals surface area contributed by atoms with E-state index < -0.39 is 0 Å². The zero-order chi connectivity index (χ0) is 14.7. The zero-order valence-electron chi connectivity index (χ0n) is 11.4. The Hall–Kier alpha value is -2.47. The summed E-state index contributed by atoms with van der Waals surface area (Å²) < 4.78 is 14.5. The molecule has 2 heterocycles. The summed E-state index contributed by atoms with van der Waals surface area (Å²) in [6, 6.07) is 12.8. The van der Waals surface area contributed by atoms with Gasteiger partial charge in [-0.05, 0) is 24.1 Å². The molecule has 3 aromatic rings. The fourth-order valence-electron chi connectivity index (χ4n) is 2.14. The van der Waals surface area contributed by atoms with Crippen LogP contribution in [0.3, 0.4) is 0 Å². The fraction of sp³-hybridized carbons (Fsp3) is 0.200. The molecule has 0 amide bonds. The van der Waals surface area contributed by atoms with Crippen molar-refractivity contribution in [3.63, 3.8) is 0 Å². The van der Waals surface area contributed by atoms with Gasteiger partial charge in [0.2, 0.25) is 5.95 Å². The van der Waals surface area contributed by atoms with Crippen molar-refractivity contribution in [1.29, 1.82) is 0 Å². The van der Waals surface area contributed by atoms with Crippen LogP contribution in [0, 0.1) is 5.82 Å². The van der Waals surface area contributed by atoms with Crippen molar-refractivity contribution in [1.82, 2.24) is 14.6 Å². The number of nitrogens with two attached hydrogens (primary N) is 1. The normalized spacial score (nSPS) is 12.5. The van der Waals surface area contributed by atoms with E-state index in [0.717, 1.165) is 12.0 Å². The molecular formula is C15H16FN5. The minimum absolute atomic E-state index is 0.0341. The molecule has 0 saturated heterocycles. The molecule has 5 nitrogen and oxygen atoms in total. The Morgan fingerprint density at radius 3 is 2.81 bits per heavy atom. The summed E-state index contributed by atoms with van der Waals surface area (Å²) in [7, 11) is 0. The summed E-state index contributed by atoms with van der Waals surface area (Å²) in [6.07, 6.45) is 2.05. The number of aromatic nitrogens is 3. The first-order valence-electron chi connectivity index (χ1n) is 6.79. The summed E-state index contributed by atoms with van der Waals surface area (Å²) >= 11 is 0. The molecule has 1 aromatic carbocycles. The number of hydrogen-bond acceptors (Lipinski definition) is 4. The molecule has 0 aliphatic heterocycles. The largest absolute Gasteiger partial charge is 0.353 e. The van der Waals surface area contributed by atoms with Crippen LogP contribution in [0.1, 0.15) is 18.0 Å². The first kappa shape index (κ1) is 13.5. The molecule has 0 fully saturated rings. The van der Waals surface area contributed by atoms with E-state index in [1.165, 1.54) is 16.8 Å². The Labute approximate surface area is 121 Å². The number of fused-ring (bicyclic) bond motifs is 1. The average molecular weight is 285 g/mol. The quantitative estimate of drug-likeness (QED) is 0.755. The summed E-state index contributed by atoms with van der Waals surface area (Å²) in [4.78, 5) is 4.26. The molecule has 6 heteroatoms. The third kappa shape index (κ3) is 3.17. The van der Waals surface area contributed by atoms with Crippen LogP contribution in [-0.2, 0) is 0 Å². The number of rotatable bonds is 5. The Bertz CT molecular complexity index is 725. The van der Waals surface area contributed by atoms with Crippen molar-refractivity contribution in [2.45, 2.75) is 12.5 Å². The van der Waals surface area contributed by atoms with Gasteiger partial charge in [0, 0.05) is 12.6 Å². The van der Waals surface area contributed by atoms with Crippen LogP contribution in [0.5, 0.6) is 0 Å². The third-order valence-electron chi connectivity index (χ3n) is 3.26. The molecule has 0 aliphatic carbocycles. The molecule has 0 saturated carbocycles. The van der Waals surface area contributed by atoms with Crippen LogP contribution in [0.2, 0.25) is 0 Å². The number of hydrogen-bond donors (Lipinski definition) is 2. The second-order valence-corrected chi connectivity index (χ2v) is 4.82. The van der Waals surface area contributed by atoms with E-state index in [1.54, 1.807) is 6.07 Å². The van der Waals surface area contributed by atoms with Gasteiger partial charge in [0.25, 0.3) is 0 Å². The molecule has 0 spiro atoms. The molecule has 21 heavy (non-hydrogen) atoms. The van der Waals surface area contributed by atoms with Gasteiger partial charge in [-0.1, -0.05) is 30.3 Å².